The predicted octanol–water partition coefficient (Wildman–Crippen LogP) is 3.48. The zero-order valence-corrected chi connectivity index (χ0v) is 10.8. The van der Waals surface area contributed by atoms with Crippen molar-refractivity contribution in [3.8, 4) is 5.75 Å². The lowest BCUT2D eigenvalue weighted by Crippen LogP contribution is -2.12. The second kappa shape index (κ2) is 5.54. The van der Waals surface area contributed by atoms with Crippen molar-refractivity contribution < 1.29 is 9.84 Å². The van der Waals surface area contributed by atoms with Crippen LogP contribution in [0.4, 0.5) is 0 Å². The van der Waals surface area contributed by atoms with Gasteiger partial charge in [-0.15, -0.1) is 0 Å². The Morgan fingerprint density at radius 3 is 2.53 bits per heavy atom. The van der Waals surface area contributed by atoms with Gasteiger partial charge in [0, 0.05) is 0 Å². The van der Waals surface area contributed by atoms with E-state index in [2.05, 4.69) is 13.0 Å². The highest BCUT2D eigenvalue weighted by Gasteiger charge is 2.22. The van der Waals surface area contributed by atoms with Crippen LogP contribution in [-0.2, 0) is 6.61 Å². The number of hydrogen-bond acceptors (Lipinski definition) is 2. The molecule has 0 amide bonds. The van der Waals surface area contributed by atoms with E-state index in [-0.39, 0.29) is 6.61 Å². The van der Waals surface area contributed by atoms with E-state index < -0.39 is 0 Å². The summed E-state index contributed by atoms with van der Waals surface area (Å²) in [6, 6.07) is 6.03. The van der Waals surface area contributed by atoms with Crippen molar-refractivity contribution in [2.75, 3.05) is 7.11 Å². The fourth-order valence-electron chi connectivity index (χ4n) is 2.77. The van der Waals surface area contributed by atoms with Crippen LogP contribution in [0.15, 0.2) is 18.2 Å². The van der Waals surface area contributed by atoms with Gasteiger partial charge < -0.3 is 9.84 Å². The largest absolute Gasteiger partial charge is 0.496 e. The number of rotatable bonds is 3. The first-order chi connectivity index (χ1) is 8.24. The topological polar surface area (TPSA) is 29.5 Å². The number of methoxy groups -OCH3 is 1. The predicted molar refractivity (Wildman–Crippen MR) is 69.3 cm³/mol. The highest BCUT2D eigenvalue weighted by molar-refractivity contribution is 5.39. The summed E-state index contributed by atoms with van der Waals surface area (Å²) in [6.45, 7) is 2.44. The Morgan fingerprint density at radius 1 is 1.24 bits per heavy atom. The van der Waals surface area contributed by atoms with E-state index in [1.807, 2.05) is 12.1 Å². The van der Waals surface area contributed by atoms with Crippen molar-refractivity contribution in [3.63, 3.8) is 0 Å². The Kier molecular flexibility index (Phi) is 4.06. The molecular weight excluding hydrogens is 212 g/mol. The van der Waals surface area contributed by atoms with Gasteiger partial charge in [0.25, 0.3) is 0 Å². The summed E-state index contributed by atoms with van der Waals surface area (Å²) in [4.78, 5) is 0. The average molecular weight is 234 g/mol. The van der Waals surface area contributed by atoms with Crippen LogP contribution in [-0.4, -0.2) is 12.2 Å². The Morgan fingerprint density at radius 2 is 1.94 bits per heavy atom. The summed E-state index contributed by atoms with van der Waals surface area (Å²) in [5, 5.41) is 9.23. The van der Waals surface area contributed by atoms with Gasteiger partial charge in [0.1, 0.15) is 5.75 Å². The molecule has 1 aliphatic rings. The molecule has 0 aromatic heterocycles. The minimum atomic E-state index is 0.111. The van der Waals surface area contributed by atoms with E-state index in [0.29, 0.717) is 5.92 Å². The van der Waals surface area contributed by atoms with E-state index in [9.17, 15) is 5.11 Å². The number of hydrogen-bond donors (Lipinski definition) is 1. The lowest BCUT2D eigenvalue weighted by atomic mass is 9.79. The molecule has 0 unspecified atom stereocenters. The van der Waals surface area contributed by atoms with Gasteiger partial charge in [-0.2, -0.15) is 0 Å². The molecule has 1 fully saturated rings. The maximum atomic E-state index is 9.23. The molecular formula is C15H22O2. The van der Waals surface area contributed by atoms with E-state index in [1.165, 1.54) is 31.2 Å². The molecule has 2 rings (SSSR count). The fraction of sp³-hybridized carbons (Fsp3) is 0.600. The molecule has 1 aromatic carbocycles. The molecule has 17 heavy (non-hydrogen) atoms. The molecule has 94 valence electrons. The lowest BCUT2D eigenvalue weighted by molar-refractivity contribution is 0.281. The van der Waals surface area contributed by atoms with Crippen molar-refractivity contribution in [3.05, 3.63) is 29.3 Å². The summed E-state index contributed by atoms with van der Waals surface area (Å²) in [6.07, 6.45) is 5.09. The normalized spacial score (nSPS) is 24.6. The average Bonchev–Trinajstić information content (AvgIpc) is 2.39. The molecule has 2 heteroatoms. The molecule has 1 N–H and O–H groups in total. The van der Waals surface area contributed by atoms with Gasteiger partial charge in [-0.05, 0) is 47.9 Å². The summed E-state index contributed by atoms with van der Waals surface area (Å²) < 4.78 is 5.44. The Labute approximate surface area is 104 Å². The highest BCUT2D eigenvalue weighted by Crippen LogP contribution is 2.39. The van der Waals surface area contributed by atoms with Crippen LogP contribution < -0.4 is 4.74 Å². The second-order valence-corrected chi connectivity index (χ2v) is 5.19. The van der Waals surface area contributed by atoms with Gasteiger partial charge >= 0.3 is 0 Å². The Bertz CT molecular complexity index is 365. The number of aliphatic hydroxyl groups is 1. The fourth-order valence-corrected chi connectivity index (χ4v) is 2.77. The first-order valence-corrected chi connectivity index (χ1v) is 6.52. The monoisotopic (exact) mass is 234 g/mol. The molecule has 0 heterocycles. The van der Waals surface area contributed by atoms with Gasteiger partial charge in [-0.3, -0.25) is 0 Å². The number of ether oxygens (including phenoxy) is 1. The van der Waals surface area contributed by atoms with Crippen LogP contribution in [0.2, 0.25) is 0 Å². The molecule has 1 aromatic rings. The molecule has 0 saturated heterocycles. The van der Waals surface area contributed by atoms with Crippen molar-refractivity contribution in [1.29, 1.82) is 0 Å². The highest BCUT2D eigenvalue weighted by atomic mass is 16.5. The van der Waals surface area contributed by atoms with Crippen molar-refractivity contribution in [1.82, 2.24) is 0 Å². The quantitative estimate of drug-likeness (QED) is 0.867. The Balaban J connectivity index is 2.23. The van der Waals surface area contributed by atoms with Crippen molar-refractivity contribution in [2.45, 2.75) is 45.1 Å². The van der Waals surface area contributed by atoms with Gasteiger partial charge in [0.2, 0.25) is 0 Å². The first kappa shape index (κ1) is 12.4. The van der Waals surface area contributed by atoms with Crippen LogP contribution >= 0.6 is 0 Å². The minimum absolute atomic E-state index is 0.111. The van der Waals surface area contributed by atoms with Gasteiger partial charge in [-0.25, -0.2) is 0 Å². The summed E-state index contributed by atoms with van der Waals surface area (Å²) in [7, 11) is 1.73. The third-order valence-corrected chi connectivity index (χ3v) is 3.93. The smallest absolute Gasteiger partial charge is 0.122 e. The standard InChI is InChI=1S/C15H22O2/c1-11-3-6-13(7-4-11)14-9-12(10-16)5-8-15(14)17-2/h5,8-9,11,13,16H,3-4,6-7,10H2,1-2H3. The molecule has 0 radical (unpaired) electrons. The number of benzene rings is 1. The second-order valence-electron chi connectivity index (χ2n) is 5.19. The molecule has 2 nitrogen and oxygen atoms in total. The van der Waals surface area contributed by atoms with Gasteiger partial charge in [-0.1, -0.05) is 25.8 Å². The minimum Gasteiger partial charge on any atom is -0.496 e. The Hall–Kier alpha value is -1.02. The van der Waals surface area contributed by atoms with E-state index in [1.54, 1.807) is 7.11 Å². The zero-order chi connectivity index (χ0) is 12.3. The van der Waals surface area contributed by atoms with E-state index in [4.69, 9.17) is 4.74 Å². The van der Waals surface area contributed by atoms with E-state index in [0.717, 1.165) is 17.2 Å². The van der Waals surface area contributed by atoms with Crippen LogP contribution in [0.3, 0.4) is 0 Å². The SMILES string of the molecule is COc1ccc(CO)cc1C1CCC(C)CC1. The van der Waals surface area contributed by atoms with Crippen LogP contribution in [0.1, 0.15) is 49.7 Å². The van der Waals surface area contributed by atoms with Gasteiger partial charge in [0.05, 0.1) is 13.7 Å². The molecule has 1 saturated carbocycles. The van der Waals surface area contributed by atoms with Crippen molar-refractivity contribution in [2.24, 2.45) is 5.92 Å². The maximum absolute atomic E-state index is 9.23. The van der Waals surface area contributed by atoms with Crippen LogP contribution in [0, 0.1) is 5.92 Å². The maximum Gasteiger partial charge on any atom is 0.122 e. The first-order valence-electron chi connectivity index (χ1n) is 6.52. The lowest BCUT2D eigenvalue weighted by Gasteiger charge is -2.27. The molecule has 1 aliphatic carbocycles. The third-order valence-electron chi connectivity index (χ3n) is 3.93. The molecule has 0 spiro atoms. The summed E-state index contributed by atoms with van der Waals surface area (Å²) in [5.41, 5.74) is 2.27. The number of aliphatic hydroxyl groups excluding tert-OH is 1. The summed E-state index contributed by atoms with van der Waals surface area (Å²) in [5.74, 6) is 2.44. The van der Waals surface area contributed by atoms with Crippen molar-refractivity contribution >= 4 is 0 Å². The molecule has 0 bridgehead atoms. The molecule has 0 aliphatic heterocycles. The van der Waals surface area contributed by atoms with Crippen LogP contribution in [0.25, 0.3) is 0 Å². The van der Waals surface area contributed by atoms with Crippen LogP contribution in [0.5, 0.6) is 5.75 Å². The van der Waals surface area contributed by atoms with E-state index >= 15 is 0 Å². The third kappa shape index (κ3) is 2.81. The van der Waals surface area contributed by atoms with Gasteiger partial charge in [0.15, 0.2) is 0 Å². The summed E-state index contributed by atoms with van der Waals surface area (Å²) >= 11 is 0. The molecule has 0 atom stereocenters. The zero-order valence-electron chi connectivity index (χ0n) is 10.8.